The molecule has 4 aromatic heterocycles. The predicted molar refractivity (Wildman–Crippen MR) is 143 cm³/mol. The van der Waals surface area contributed by atoms with Gasteiger partial charge in [0.15, 0.2) is 23.7 Å². The Balaban J connectivity index is 0.000000164. The van der Waals surface area contributed by atoms with Crippen LogP contribution >= 0.6 is 23.2 Å². The van der Waals surface area contributed by atoms with Crippen molar-refractivity contribution in [3.05, 3.63) is 107 Å². The van der Waals surface area contributed by atoms with Crippen molar-refractivity contribution in [3.8, 4) is 22.5 Å². The molecule has 0 radical (unpaired) electrons. The average Bonchev–Trinajstić information content (AvgIpc) is 3.58. The fourth-order valence-electron chi connectivity index (χ4n) is 3.85. The van der Waals surface area contributed by atoms with E-state index in [1.165, 1.54) is 16.8 Å². The number of aromatic nitrogens is 6. The Kier molecular flexibility index (Phi) is 7.53. The van der Waals surface area contributed by atoms with Crippen LogP contribution in [0.3, 0.4) is 0 Å². The third-order valence-corrected chi connectivity index (χ3v) is 6.32. The van der Waals surface area contributed by atoms with Gasteiger partial charge in [0.2, 0.25) is 0 Å². The lowest BCUT2D eigenvalue weighted by molar-refractivity contribution is -0.206. The lowest BCUT2D eigenvalue weighted by atomic mass is 10.1. The van der Waals surface area contributed by atoms with Gasteiger partial charge in [0, 0.05) is 23.3 Å². The second-order valence-electron chi connectivity index (χ2n) is 8.39. The van der Waals surface area contributed by atoms with E-state index in [1.807, 2.05) is 30.3 Å². The van der Waals surface area contributed by atoms with Gasteiger partial charge < -0.3 is 5.11 Å². The maximum atomic E-state index is 12.7. The van der Waals surface area contributed by atoms with Gasteiger partial charge in [-0.05, 0) is 0 Å². The molecule has 0 saturated heterocycles. The van der Waals surface area contributed by atoms with Crippen LogP contribution in [0.5, 0.6) is 0 Å². The molecule has 0 aliphatic heterocycles. The normalized spacial score (nSPS) is 12.2. The Labute approximate surface area is 234 Å². The van der Waals surface area contributed by atoms with Gasteiger partial charge >= 0.3 is 6.18 Å². The smallest absolute Gasteiger partial charge is 0.379 e. The minimum atomic E-state index is -4.81. The van der Waals surface area contributed by atoms with Crippen molar-refractivity contribution in [2.24, 2.45) is 0 Å². The SMILES string of the molecule is O=Cc1cnn2c(Cl)cc(-c3ccccc3)nc12.OC(c1cnn2c(Cl)cc(-c3ccccc3)nc12)C(F)(F)F. The van der Waals surface area contributed by atoms with E-state index < -0.39 is 17.8 Å². The van der Waals surface area contributed by atoms with Crippen molar-refractivity contribution in [3.63, 3.8) is 0 Å². The molecular weight excluding hydrogens is 568 g/mol. The Morgan fingerprint density at radius 3 is 1.75 bits per heavy atom. The molecule has 0 aliphatic rings. The van der Waals surface area contributed by atoms with E-state index >= 15 is 0 Å². The van der Waals surface area contributed by atoms with Crippen molar-refractivity contribution in [2.75, 3.05) is 0 Å². The molecule has 1 unspecified atom stereocenters. The van der Waals surface area contributed by atoms with Gasteiger partial charge in [0.05, 0.1) is 34.9 Å². The third kappa shape index (κ3) is 5.39. The zero-order chi connectivity index (χ0) is 28.4. The van der Waals surface area contributed by atoms with Gasteiger partial charge in [-0.1, -0.05) is 83.9 Å². The van der Waals surface area contributed by atoms with Crippen LogP contribution in [0.2, 0.25) is 10.3 Å². The van der Waals surface area contributed by atoms with Crippen LogP contribution in [0.25, 0.3) is 33.8 Å². The fourth-order valence-corrected chi connectivity index (χ4v) is 4.31. The molecule has 2 aromatic carbocycles. The van der Waals surface area contributed by atoms with E-state index in [2.05, 4.69) is 20.2 Å². The molecule has 202 valence electrons. The van der Waals surface area contributed by atoms with E-state index in [-0.39, 0.29) is 10.8 Å². The molecule has 1 N–H and O–H groups in total. The van der Waals surface area contributed by atoms with Gasteiger partial charge in [-0.25, -0.2) is 19.0 Å². The summed E-state index contributed by atoms with van der Waals surface area (Å²) in [4.78, 5) is 19.5. The van der Waals surface area contributed by atoms with Crippen LogP contribution < -0.4 is 0 Å². The van der Waals surface area contributed by atoms with Crippen LogP contribution in [0.4, 0.5) is 13.2 Å². The number of carbonyl (C=O) groups is 1. The topological polar surface area (TPSA) is 97.7 Å². The first kappa shape index (κ1) is 27.3. The molecule has 0 spiro atoms. The standard InChI is InChI=1S/C14H9ClF3N3O.C13H8ClN3O/c15-11-6-10(8-4-2-1-3-5-8)20-13-9(7-19-21(11)13)12(22)14(16,17)18;14-12-6-11(9-4-2-1-3-5-9)16-13-10(8-18)7-15-17(12)13/h1-7,12,22H;1-8H. The second kappa shape index (κ2) is 11.0. The average molecular weight is 585 g/mol. The predicted octanol–water partition coefficient (Wildman–Crippen LogP) is 6.51. The number of hydrogen-bond acceptors (Lipinski definition) is 6. The number of alkyl halides is 3. The maximum Gasteiger partial charge on any atom is 0.418 e. The Hall–Kier alpha value is -4.32. The number of rotatable bonds is 4. The summed E-state index contributed by atoms with van der Waals surface area (Å²) in [6, 6.07) is 21.7. The highest BCUT2D eigenvalue weighted by molar-refractivity contribution is 6.30. The summed E-state index contributed by atoms with van der Waals surface area (Å²) in [6.45, 7) is 0. The summed E-state index contributed by atoms with van der Waals surface area (Å²) in [5, 5.41) is 17.7. The minimum absolute atomic E-state index is 0.101. The van der Waals surface area contributed by atoms with Crippen LogP contribution in [0, 0.1) is 0 Å². The summed E-state index contributed by atoms with van der Waals surface area (Å²) >= 11 is 12.2. The highest BCUT2D eigenvalue weighted by Crippen LogP contribution is 2.35. The van der Waals surface area contributed by atoms with E-state index in [0.29, 0.717) is 27.6 Å². The van der Waals surface area contributed by atoms with Crippen LogP contribution in [0.1, 0.15) is 22.0 Å². The van der Waals surface area contributed by atoms with Crippen molar-refractivity contribution in [2.45, 2.75) is 12.3 Å². The van der Waals surface area contributed by atoms with Crippen molar-refractivity contribution < 1.29 is 23.1 Å². The van der Waals surface area contributed by atoms with Crippen molar-refractivity contribution in [1.29, 1.82) is 0 Å². The molecular formula is C27H17Cl2F3N6O2. The Bertz CT molecular complexity index is 1810. The van der Waals surface area contributed by atoms with Crippen molar-refractivity contribution in [1.82, 2.24) is 29.2 Å². The molecule has 0 amide bonds. The zero-order valence-electron chi connectivity index (χ0n) is 20.2. The third-order valence-electron chi connectivity index (χ3n) is 5.78. The number of nitrogens with zero attached hydrogens (tertiary/aromatic N) is 6. The number of aliphatic hydroxyl groups excluding tert-OH is 1. The fraction of sp³-hybridized carbons (Fsp3) is 0.0741. The molecule has 13 heteroatoms. The molecule has 1 atom stereocenters. The monoisotopic (exact) mass is 584 g/mol. The largest absolute Gasteiger partial charge is 0.418 e. The number of aliphatic hydroxyl groups is 1. The molecule has 0 bridgehead atoms. The van der Waals surface area contributed by atoms with Crippen LogP contribution in [-0.4, -0.2) is 46.8 Å². The molecule has 6 aromatic rings. The van der Waals surface area contributed by atoms with Crippen molar-refractivity contribution >= 4 is 40.8 Å². The molecule has 0 saturated carbocycles. The number of hydrogen-bond donors (Lipinski definition) is 1. The van der Waals surface area contributed by atoms with Gasteiger partial charge in [0.1, 0.15) is 10.3 Å². The Morgan fingerprint density at radius 1 is 0.775 bits per heavy atom. The quantitative estimate of drug-likeness (QED) is 0.187. The first-order valence-electron chi connectivity index (χ1n) is 11.6. The molecule has 40 heavy (non-hydrogen) atoms. The molecule has 0 fully saturated rings. The molecule has 0 aliphatic carbocycles. The summed E-state index contributed by atoms with van der Waals surface area (Å²) in [7, 11) is 0. The zero-order valence-corrected chi connectivity index (χ0v) is 21.7. The Morgan fingerprint density at radius 2 is 1.25 bits per heavy atom. The lowest BCUT2D eigenvalue weighted by Crippen LogP contribution is -2.20. The van der Waals surface area contributed by atoms with E-state index in [9.17, 15) is 23.1 Å². The minimum Gasteiger partial charge on any atom is -0.379 e. The van der Waals surface area contributed by atoms with E-state index in [1.54, 1.807) is 36.4 Å². The maximum absolute atomic E-state index is 12.7. The number of fused-ring (bicyclic) bond motifs is 2. The van der Waals surface area contributed by atoms with Gasteiger partial charge in [-0.3, -0.25) is 4.79 Å². The molecule has 8 nitrogen and oxygen atoms in total. The number of benzene rings is 2. The van der Waals surface area contributed by atoms with Crippen LogP contribution in [-0.2, 0) is 0 Å². The van der Waals surface area contributed by atoms with Gasteiger partial charge in [-0.2, -0.15) is 23.4 Å². The number of aldehydes is 1. The summed E-state index contributed by atoms with van der Waals surface area (Å²) in [5.74, 6) is 0. The van der Waals surface area contributed by atoms with Gasteiger partial charge in [-0.15, -0.1) is 0 Å². The summed E-state index contributed by atoms with van der Waals surface area (Å²) in [5.41, 5.74) is 3.08. The molecule has 6 rings (SSSR count). The van der Waals surface area contributed by atoms with Gasteiger partial charge in [0.25, 0.3) is 0 Å². The molecule has 4 heterocycles. The van der Waals surface area contributed by atoms with Crippen LogP contribution in [0.15, 0.2) is 85.2 Å². The lowest BCUT2D eigenvalue weighted by Gasteiger charge is -2.13. The van der Waals surface area contributed by atoms with E-state index in [4.69, 9.17) is 23.2 Å². The first-order valence-corrected chi connectivity index (χ1v) is 12.3. The highest BCUT2D eigenvalue weighted by atomic mass is 35.5. The summed E-state index contributed by atoms with van der Waals surface area (Å²) < 4.78 is 40.6. The highest BCUT2D eigenvalue weighted by Gasteiger charge is 2.41. The second-order valence-corrected chi connectivity index (χ2v) is 9.17. The number of halogens is 5. The summed E-state index contributed by atoms with van der Waals surface area (Å²) in [6.07, 6.45) is -4.38. The number of carbonyl (C=O) groups excluding carboxylic acids is 1. The first-order chi connectivity index (χ1) is 19.2. The van der Waals surface area contributed by atoms with E-state index in [0.717, 1.165) is 28.3 Å².